The second-order valence-corrected chi connectivity index (χ2v) is 6.95. The van der Waals surface area contributed by atoms with E-state index in [1.807, 2.05) is 36.4 Å². The largest absolute Gasteiger partial charge is 0.493 e. The Balaban J connectivity index is 1.90. The van der Waals surface area contributed by atoms with Gasteiger partial charge < -0.3 is 29.7 Å². The van der Waals surface area contributed by atoms with Crippen LogP contribution in [0.15, 0.2) is 47.5 Å². The number of rotatable bonds is 12. The van der Waals surface area contributed by atoms with Crippen molar-refractivity contribution in [3.05, 3.63) is 53.6 Å². The molecule has 0 aliphatic rings. The predicted molar refractivity (Wildman–Crippen MR) is 126 cm³/mol. The fourth-order valence-corrected chi connectivity index (χ4v) is 3.19. The first-order chi connectivity index (χ1) is 15.1. The van der Waals surface area contributed by atoms with Crippen molar-refractivity contribution in [1.29, 1.82) is 0 Å². The number of benzene rings is 2. The van der Waals surface area contributed by atoms with Crippen LogP contribution in [0.1, 0.15) is 25.0 Å². The fourth-order valence-electron chi connectivity index (χ4n) is 3.19. The van der Waals surface area contributed by atoms with E-state index in [9.17, 15) is 0 Å². The predicted octanol–water partition coefficient (Wildman–Crippen LogP) is 3.29. The molecule has 0 amide bonds. The lowest BCUT2D eigenvalue weighted by Gasteiger charge is -2.19. The van der Waals surface area contributed by atoms with Crippen molar-refractivity contribution in [3.8, 4) is 17.2 Å². The molecule has 0 unspecified atom stereocenters. The van der Waals surface area contributed by atoms with E-state index < -0.39 is 0 Å². The van der Waals surface area contributed by atoms with Crippen LogP contribution in [0.25, 0.3) is 0 Å². The molecule has 2 aromatic carbocycles. The van der Waals surface area contributed by atoms with Gasteiger partial charge in [-0.25, -0.2) is 0 Å². The van der Waals surface area contributed by atoms with Gasteiger partial charge in [-0.05, 0) is 36.9 Å². The maximum atomic E-state index is 6.05. The molecular formula is C24H36N4O3. The van der Waals surface area contributed by atoms with Crippen LogP contribution in [0.5, 0.6) is 17.2 Å². The van der Waals surface area contributed by atoms with E-state index in [2.05, 4.69) is 40.4 Å². The van der Waals surface area contributed by atoms with E-state index in [4.69, 9.17) is 14.2 Å². The van der Waals surface area contributed by atoms with Gasteiger partial charge >= 0.3 is 0 Å². The van der Waals surface area contributed by atoms with Crippen molar-refractivity contribution in [2.24, 2.45) is 4.99 Å². The van der Waals surface area contributed by atoms with Crippen LogP contribution in [-0.4, -0.2) is 58.4 Å². The standard InChI is InChI=1S/C24H36N4O3/c1-6-28(7-2)14-15-31-21-11-9-8-10-20(21)18-27-24(25-3)26-17-19-12-13-22(29-4)23(16-19)30-5/h8-13,16H,6-7,14-15,17-18H2,1-5H3,(H2,25,26,27). The Labute approximate surface area is 186 Å². The Morgan fingerprint density at radius 2 is 1.61 bits per heavy atom. The molecule has 2 N–H and O–H groups in total. The van der Waals surface area contributed by atoms with E-state index in [0.717, 1.165) is 36.5 Å². The van der Waals surface area contributed by atoms with Gasteiger partial charge in [-0.3, -0.25) is 4.99 Å². The third kappa shape index (κ3) is 7.68. The molecular weight excluding hydrogens is 392 g/mol. The van der Waals surface area contributed by atoms with Crippen LogP contribution < -0.4 is 24.8 Å². The maximum absolute atomic E-state index is 6.05. The second-order valence-electron chi connectivity index (χ2n) is 6.95. The van der Waals surface area contributed by atoms with Crippen LogP contribution >= 0.6 is 0 Å². The second kappa shape index (κ2) is 13.4. The summed E-state index contributed by atoms with van der Waals surface area (Å²) in [6, 6.07) is 14.0. The summed E-state index contributed by atoms with van der Waals surface area (Å²) in [5.41, 5.74) is 2.16. The molecule has 31 heavy (non-hydrogen) atoms. The van der Waals surface area contributed by atoms with Gasteiger partial charge in [-0.15, -0.1) is 0 Å². The van der Waals surface area contributed by atoms with Gasteiger partial charge in [-0.1, -0.05) is 38.1 Å². The summed E-state index contributed by atoms with van der Waals surface area (Å²) in [6.45, 7) is 9.23. The number of likely N-dealkylation sites (N-methyl/N-ethyl adjacent to an activating group) is 1. The van der Waals surface area contributed by atoms with Gasteiger partial charge in [0.2, 0.25) is 0 Å². The van der Waals surface area contributed by atoms with Gasteiger partial charge in [0.25, 0.3) is 0 Å². The molecule has 2 rings (SSSR count). The lowest BCUT2D eigenvalue weighted by molar-refractivity contribution is 0.221. The molecule has 7 nitrogen and oxygen atoms in total. The van der Waals surface area contributed by atoms with Crippen molar-refractivity contribution in [2.75, 3.05) is 47.5 Å². The molecule has 0 atom stereocenters. The zero-order valence-electron chi connectivity index (χ0n) is 19.4. The molecule has 0 aliphatic heterocycles. The zero-order chi connectivity index (χ0) is 22.5. The molecule has 2 aromatic rings. The topological polar surface area (TPSA) is 67.4 Å². The first-order valence-electron chi connectivity index (χ1n) is 10.7. The van der Waals surface area contributed by atoms with Crippen LogP contribution in [0.4, 0.5) is 0 Å². The number of methoxy groups -OCH3 is 2. The lowest BCUT2D eigenvalue weighted by Crippen LogP contribution is -2.36. The highest BCUT2D eigenvalue weighted by atomic mass is 16.5. The summed E-state index contributed by atoms with van der Waals surface area (Å²) in [4.78, 5) is 6.67. The van der Waals surface area contributed by atoms with Crippen LogP contribution in [0.2, 0.25) is 0 Å². The number of nitrogens with one attached hydrogen (secondary N) is 2. The Morgan fingerprint density at radius 3 is 2.29 bits per heavy atom. The number of guanidine groups is 1. The zero-order valence-corrected chi connectivity index (χ0v) is 19.4. The van der Waals surface area contributed by atoms with E-state index in [1.54, 1.807) is 21.3 Å². The van der Waals surface area contributed by atoms with Gasteiger partial charge in [0.05, 0.1) is 14.2 Å². The fraction of sp³-hybridized carbons (Fsp3) is 0.458. The number of hydrogen-bond donors (Lipinski definition) is 2. The molecule has 0 spiro atoms. The van der Waals surface area contributed by atoms with Crippen molar-refractivity contribution >= 4 is 5.96 Å². The molecule has 0 fully saturated rings. The first kappa shape index (κ1) is 24.3. The first-order valence-corrected chi connectivity index (χ1v) is 10.7. The van der Waals surface area contributed by atoms with Gasteiger partial charge in [0.1, 0.15) is 12.4 Å². The molecule has 0 bridgehead atoms. The number of aliphatic imine (C=N–C) groups is 1. The van der Waals surface area contributed by atoms with E-state index in [-0.39, 0.29) is 0 Å². The molecule has 0 saturated heterocycles. The summed E-state index contributed by atoms with van der Waals surface area (Å²) >= 11 is 0. The van der Waals surface area contributed by atoms with E-state index in [1.165, 1.54) is 0 Å². The van der Waals surface area contributed by atoms with Crippen molar-refractivity contribution < 1.29 is 14.2 Å². The monoisotopic (exact) mass is 428 g/mol. The summed E-state index contributed by atoms with van der Waals surface area (Å²) in [5.74, 6) is 3.04. The summed E-state index contributed by atoms with van der Waals surface area (Å²) < 4.78 is 16.7. The highest BCUT2D eigenvalue weighted by Crippen LogP contribution is 2.27. The highest BCUT2D eigenvalue weighted by Gasteiger charge is 2.08. The normalized spacial score (nSPS) is 11.4. The molecule has 170 valence electrons. The molecule has 7 heteroatoms. The molecule has 0 heterocycles. The van der Waals surface area contributed by atoms with Gasteiger partial charge in [-0.2, -0.15) is 0 Å². The average molecular weight is 429 g/mol. The number of ether oxygens (including phenoxy) is 3. The SMILES string of the molecule is CCN(CC)CCOc1ccccc1CNC(=NC)NCc1ccc(OC)c(OC)c1. The Kier molecular flexibility index (Phi) is 10.5. The van der Waals surface area contributed by atoms with Crippen LogP contribution in [0, 0.1) is 0 Å². The number of nitrogens with zero attached hydrogens (tertiary/aromatic N) is 2. The van der Waals surface area contributed by atoms with Gasteiger partial charge in [0, 0.05) is 32.2 Å². The third-order valence-electron chi connectivity index (χ3n) is 5.11. The van der Waals surface area contributed by atoms with E-state index in [0.29, 0.717) is 37.2 Å². The Morgan fingerprint density at radius 1 is 0.903 bits per heavy atom. The van der Waals surface area contributed by atoms with Crippen LogP contribution in [0.3, 0.4) is 0 Å². The van der Waals surface area contributed by atoms with Crippen molar-refractivity contribution in [2.45, 2.75) is 26.9 Å². The van der Waals surface area contributed by atoms with Crippen molar-refractivity contribution in [1.82, 2.24) is 15.5 Å². The molecule has 0 aliphatic carbocycles. The molecule has 0 saturated carbocycles. The quantitative estimate of drug-likeness (QED) is 0.399. The average Bonchev–Trinajstić information content (AvgIpc) is 2.82. The maximum Gasteiger partial charge on any atom is 0.191 e. The highest BCUT2D eigenvalue weighted by molar-refractivity contribution is 5.79. The number of para-hydroxylation sites is 1. The molecule has 0 aromatic heterocycles. The Bertz CT molecular complexity index is 822. The summed E-state index contributed by atoms with van der Waals surface area (Å²) in [6.07, 6.45) is 0. The minimum Gasteiger partial charge on any atom is -0.493 e. The van der Waals surface area contributed by atoms with Crippen LogP contribution in [-0.2, 0) is 13.1 Å². The van der Waals surface area contributed by atoms with Crippen molar-refractivity contribution in [3.63, 3.8) is 0 Å². The Hall–Kier alpha value is -2.93. The third-order valence-corrected chi connectivity index (χ3v) is 5.11. The summed E-state index contributed by atoms with van der Waals surface area (Å²) in [5, 5.41) is 6.69. The lowest BCUT2D eigenvalue weighted by atomic mass is 10.2. The molecule has 0 radical (unpaired) electrons. The van der Waals surface area contributed by atoms with E-state index >= 15 is 0 Å². The smallest absolute Gasteiger partial charge is 0.191 e. The summed E-state index contributed by atoms with van der Waals surface area (Å²) in [7, 11) is 5.03. The minimum atomic E-state index is 0.613. The number of hydrogen-bond acceptors (Lipinski definition) is 5. The minimum absolute atomic E-state index is 0.613. The van der Waals surface area contributed by atoms with Gasteiger partial charge in [0.15, 0.2) is 17.5 Å².